The van der Waals surface area contributed by atoms with Crippen molar-refractivity contribution in [1.82, 2.24) is 20.6 Å². The van der Waals surface area contributed by atoms with E-state index in [0.29, 0.717) is 22.7 Å². The molecule has 1 aromatic heterocycles. The van der Waals surface area contributed by atoms with Gasteiger partial charge in [-0.2, -0.15) is 15.7 Å². The normalized spacial score (nSPS) is 10.6. The Hall–Kier alpha value is -4.17. The van der Waals surface area contributed by atoms with Crippen LogP contribution in [0.4, 0.5) is 5.69 Å². The Labute approximate surface area is 143 Å². The number of ether oxygens (including phenoxy) is 1. The van der Waals surface area contributed by atoms with E-state index >= 15 is 0 Å². The van der Waals surface area contributed by atoms with Crippen molar-refractivity contribution in [3.63, 3.8) is 0 Å². The van der Waals surface area contributed by atoms with Crippen molar-refractivity contribution < 1.29 is 4.74 Å². The third kappa shape index (κ3) is 3.78. The molecule has 1 heterocycles. The van der Waals surface area contributed by atoms with E-state index in [2.05, 4.69) is 32.0 Å². The van der Waals surface area contributed by atoms with Crippen LogP contribution in [0.3, 0.4) is 0 Å². The highest BCUT2D eigenvalue weighted by molar-refractivity contribution is 5.75. The molecule has 3 aromatic rings. The number of hydrogen-bond donors (Lipinski definition) is 2. The molecule has 0 spiro atoms. The monoisotopic (exact) mass is 329 g/mol. The number of allylic oxidation sites excluding steroid dienone is 1. The minimum atomic E-state index is 0.195. The fourth-order valence-corrected chi connectivity index (χ4v) is 1.97. The molecule has 25 heavy (non-hydrogen) atoms. The summed E-state index contributed by atoms with van der Waals surface area (Å²) in [7, 11) is 0. The van der Waals surface area contributed by atoms with Gasteiger partial charge in [0, 0.05) is 6.20 Å². The van der Waals surface area contributed by atoms with Crippen molar-refractivity contribution in [3.05, 3.63) is 66.1 Å². The van der Waals surface area contributed by atoms with Gasteiger partial charge in [-0.05, 0) is 41.6 Å². The van der Waals surface area contributed by atoms with Crippen LogP contribution in [0.1, 0.15) is 11.4 Å². The molecule has 120 valence electrons. The average Bonchev–Trinajstić information content (AvgIpc) is 3.19. The number of nitrogens with one attached hydrogen (secondary N) is 2. The fraction of sp³-hybridized carbons (Fsp3) is 0. The maximum atomic E-state index is 9.19. The molecular formula is C17H11N7O. The van der Waals surface area contributed by atoms with Crippen molar-refractivity contribution in [2.75, 3.05) is 5.32 Å². The van der Waals surface area contributed by atoms with E-state index in [1.54, 1.807) is 36.4 Å². The fourth-order valence-electron chi connectivity index (χ4n) is 1.97. The number of nitrogens with zero attached hydrogens (tertiary/aromatic N) is 5. The molecule has 0 radical (unpaired) electrons. The van der Waals surface area contributed by atoms with Gasteiger partial charge >= 0.3 is 0 Å². The molecule has 0 aliphatic heterocycles. The molecule has 0 aliphatic rings. The van der Waals surface area contributed by atoms with Crippen LogP contribution in [-0.4, -0.2) is 20.6 Å². The Bertz CT molecular complexity index is 963. The van der Waals surface area contributed by atoms with Gasteiger partial charge in [-0.15, -0.1) is 10.2 Å². The van der Waals surface area contributed by atoms with Crippen molar-refractivity contribution in [3.8, 4) is 23.6 Å². The number of hydrogen-bond acceptors (Lipinski definition) is 7. The molecule has 8 nitrogen and oxygen atoms in total. The third-order valence-electron chi connectivity index (χ3n) is 3.18. The molecule has 0 atom stereocenters. The second-order valence-electron chi connectivity index (χ2n) is 4.78. The van der Waals surface area contributed by atoms with E-state index in [0.717, 1.165) is 0 Å². The zero-order valence-electron chi connectivity index (χ0n) is 12.8. The molecule has 0 amide bonds. The van der Waals surface area contributed by atoms with Gasteiger partial charge in [0.25, 0.3) is 0 Å². The van der Waals surface area contributed by atoms with Gasteiger partial charge in [-0.1, -0.05) is 12.1 Å². The van der Waals surface area contributed by atoms with Gasteiger partial charge in [0.1, 0.15) is 17.4 Å². The predicted octanol–water partition coefficient (Wildman–Crippen LogP) is 2.84. The largest absolute Gasteiger partial charge is 0.455 e. The molecule has 0 bridgehead atoms. The van der Waals surface area contributed by atoms with Crippen LogP contribution in [0, 0.1) is 22.7 Å². The smallest absolute Gasteiger partial charge is 0.216 e. The summed E-state index contributed by atoms with van der Waals surface area (Å²) in [4.78, 5) is 0. The summed E-state index contributed by atoms with van der Waals surface area (Å²) in [6.45, 7) is 0. The lowest BCUT2D eigenvalue weighted by molar-refractivity contribution is 0.485. The molecule has 2 aromatic carbocycles. The number of H-pyrrole nitrogens is 1. The average molecular weight is 329 g/mol. The van der Waals surface area contributed by atoms with Gasteiger partial charge in [0.05, 0.1) is 17.3 Å². The first-order valence-corrected chi connectivity index (χ1v) is 7.18. The lowest BCUT2D eigenvalue weighted by atomic mass is 10.2. The van der Waals surface area contributed by atoms with E-state index in [9.17, 15) is 5.26 Å². The van der Waals surface area contributed by atoms with E-state index in [4.69, 9.17) is 10.00 Å². The molecule has 0 aliphatic carbocycles. The zero-order chi connectivity index (χ0) is 17.5. The number of tetrazole rings is 1. The third-order valence-corrected chi connectivity index (χ3v) is 3.18. The van der Waals surface area contributed by atoms with Crippen LogP contribution < -0.4 is 10.1 Å². The first-order chi connectivity index (χ1) is 12.3. The van der Waals surface area contributed by atoms with Gasteiger partial charge in [0.15, 0.2) is 5.75 Å². The Morgan fingerprint density at radius 3 is 2.60 bits per heavy atom. The van der Waals surface area contributed by atoms with Crippen molar-refractivity contribution in [2.24, 2.45) is 0 Å². The number of benzene rings is 2. The van der Waals surface area contributed by atoms with Gasteiger partial charge in [-0.25, -0.2) is 0 Å². The van der Waals surface area contributed by atoms with Crippen LogP contribution in [-0.2, 0) is 0 Å². The molecule has 0 saturated carbocycles. The van der Waals surface area contributed by atoms with Gasteiger partial charge in [0.2, 0.25) is 5.82 Å². The van der Waals surface area contributed by atoms with Crippen LogP contribution in [0.15, 0.2) is 54.7 Å². The molecule has 3 rings (SSSR count). The number of rotatable bonds is 5. The maximum absolute atomic E-state index is 9.19. The molecular weight excluding hydrogens is 318 g/mol. The summed E-state index contributed by atoms with van der Waals surface area (Å²) >= 11 is 0. The van der Waals surface area contributed by atoms with Crippen molar-refractivity contribution in [1.29, 1.82) is 10.5 Å². The van der Waals surface area contributed by atoms with Gasteiger partial charge < -0.3 is 10.1 Å². The first kappa shape index (κ1) is 15.7. The number of anilines is 1. The van der Waals surface area contributed by atoms with Crippen LogP contribution >= 0.6 is 0 Å². The molecule has 2 N–H and O–H groups in total. The van der Waals surface area contributed by atoms with E-state index in [1.807, 2.05) is 18.2 Å². The van der Waals surface area contributed by atoms with Gasteiger partial charge in [-0.3, -0.25) is 0 Å². The summed E-state index contributed by atoms with van der Waals surface area (Å²) in [6, 6.07) is 18.1. The number of aromatic nitrogens is 4. The topological polar surface area (TPSA) is 123 Å². The Morgan fingerprint density at radius 1 is 1.12 bits per heavy atom. The minimum absolute atomic E-state index is 0.195. The van der Waals surface area contributed by atoms with E-state index in [-0.39, 0.29) is 11.4 Å². The maximum Gasteiger partial charge on any atom is 0.216 e. The van der Waals surface area contributed by atoms with Crippen LogP contribution in [0.25, 0.3) is 5.57 Å². The molecule has 0 saturated heterocycles. The summed E-state index contributed by atoms with van der Waals surface area (Å²) in [5.74, 6) is 1.35. The lowest BCUT2D eigenvalue weighted by Crippen LogP contribution is -1.95. The second-order valence-corrected chi connectivity index (χ2v) is 4.78. The molecule has 0 unspecified atom stereocenters. The second kappa shape index (κ2) is 7.40. The lowest BCUT2D eigenvalue weighted by Gasteiger charge is -2.11. The van der Waals surface area contributed by atoms with Crippen molar-refractivity contribution in [2.45, 2.75) is 0 Å². The highest BCUT2D eigenvalue weighted by Crippen LogP contribution is 2.29. The van der Waals surface area contributed by atoms with E-state index in [1.165, 1.54) is 6.20 Å². The Balaban J connectivity index is 1.81. The summed E-state index contributed by atoms with van der Waals surface area (Å²) in [5, 5.41) is 34.3. The highest BCUT2D eigenvalue weighted by Gasteiger charge is 2.07. The zero-order valence-corrected chi connectivity index (χ0v) is 12.8. The van der Waals surface area contributed by atoms with Crippen LogP contribution in [0.2, 0.25) is 0 Å². The highest BCUT2D eigenvalue weighted by atomic mass is 16.5. The quantitative estimate of drug-likeness (QED) is 0.690. The summed E-state index contributed by atoms with van der Waals surface area (Å²) in [6.07, 6.45) is 1.48. The van der Waals surface area contributed by atoms with Crippen molar-refractivity contribution >= 4 is 11.3 Å². The number of para-hydroxylation sites is 2. The first-order valence-electron chi connectivity index (χ1n) is 7.18. The molecule has 8 heteroatoms. The van der Waals surface area contributed by atoms with Crippen LogP contribution in [0.5, 0.6) is 11.5 Å². The number of aromatic amines is 1. The summed E-state index contributed by atoms with van der Waals surface area (Å²) in [5.41, 5.74) is 1.44. The number of nitriles is 2. The predicted molar refractivity (Wildman–Crippen MR) is 89.1 cm³/mol. The summed E-state index contributed by atoms with van der Waals surface area (Å²) < 4.78 is 5.83. The Morgan fingerprint density at radius 2 is 1.92 bits per heavy atom. The standard InChI is InChI=1S/C17H11N7O/c18-9-12-5-7-14(8-6-12)25-16-4-2-1-3-15(16)20-11-13(10-19)17-21-23-24-22-17/h1-8,11,20H,(H,21,22,23,24). The molecule has 0 fully saturated rings. The Kier molecular flexibility index (Phi) is 4.65. The minimum Gasteiger partial charge on any atom is -0.455 e. The SMILES string of the molecule is N#CC(=CNc1ccccc1Oc1ccc(C#N)cc1)c1nn[nH]n1. The van der Waals surface area contributed by atoms with E-state index < -0.39 is 0 Å².